The number of thiophene rings is 1. The Labute approximate surface area is 146 Å². The van der Waals surface area contributed by atoms with E-state index in [0.717, 1.165) is 17.7 Å². The molecule has 0 spiro atoms. The van der Waals surface area contributed by atoms with E-state index >= 15 is 0 Å². The van der Waals surface area contributed by atoms with E-state index in [2.05, 4.69) is 0 Å². The molecule has 1 heterocycles. The standard InChI is InChI=1S/C15H13ClF3NO2S2/c16-13-4-1-11(15(17,18)19)7-14(13)24(21,22)20(12-2-3-12)8-10-5-6-23-9-10/h1,4-7,9,12H,2-3,8H2. The van der Waals surface area contributed by atoms with Gasteiger partial charge in [0.25, 0.3) is 0 Å². The summed E-state index contributed by atoms with van der Waals surface area (Å²) in [5, 5.41) is 3.43. The molecule has 1 aromatic heterocycles. The van der Waals surface area contributed by atoms with Gasteiger partial charge in [-0.15, -0.1) is 0 Å². The van der Waals surface area contributed by atoms with Crippen LogP contribution >= 0.6 is 22.9 Å². The number of alkyl halides is 3. The van der Waals surface area contributed by atoms with Crippen molar-refractivity contribution in [3.63, 3.8) is 0 Å². The number of sulfonamides is 1. The van der Waals surface area contributed by atoms with Crippen LogP contribution in [-0.4, -0.2) is 18.8 Å². The number of nitrogens with zero attached hydrogens (tertiary/aromatic N) is 1. The summed E-state index contributed by atoms with van der Waals surface area (Å²) >= 11 is 7.34. The Morgan fingerprint density at radius 1 is 1.25 bits per heavy atom. The van der Waals surface area contributed by atoms with Crippen LogP contribution < -0.4 is 0 Å². The molecule has 1 aliphatic rings. The first-order valence-electron chi connectivity index (χ1n) is 7.09. The molecule has 0 unspecified atom stereocenters. The summed E-state index contributed by atoms with van der Waals surface area (Å²) in [5.74, 6) is 0. The molecular weight excluding hydrogens is 383 g/mol. The van der Waals surface area contributed by atoms with E-state index < -0.39 is 26.7 Å². The zero-order chi connectivity index (χ0) is 17.5. The maximum Gasteiger partial charge on any atom is 0.416 e. The van der Waals surface area contributed by atoms with Gasteiger partial charge < -0.3 is 0 Å². The van der Waals surface area contributed by atoms with E-state index in [0.29, 0.717) is 18.9 Å². The van der Waals surface area contributed by atoms with Gasteiger partial charge in [0.15, 0.2) is 0 Å². The van der Waals surface area contributed by atoms with Crippen LogP contribution in [0, 0.1) is 0 Å². The Balaban J connectivity index is 2.02. The zero-order valence-electron chi connectivity index (χ0n) is 12.3. The van der Waals surface area contributed by atoms with Crippen LogP contribution in [0.2, 0.25) is 5.02 Å². The van der Waals surface area contributed by atoms with E-state index in [1.54, 1.807) is 6.07 Å². The summed E-state index contributed by atoms with van der Waals surface area (Å²) < 4.78 is 65.8. The molecular formula is C15H13ClF3NO2S2. The van der Waals surface area contributed by atoms with Crippen molar-refractivity contribution in [2.24, 2.45) is 0 Å². The van der Waals surface area contributed by atoms with E-state index in [-0.39, 0.29) is 17.6 Å². The number of rotatable bonds is 5. The highest BCUT2D eigenvalue weighted by atomic mass is 35.5. The predicted octanol–water partition coefficient (Wildman–Crippen LogP) is 4.77. The second kappa shape index (κ2) is 6.33. The van der Waals surface area contributed by atoms with Crippen molar-refractivity contribution in [3.8, 4) is 0 Å². The van der Waals surface area contributed by atoms with Gasteiger partial charge in [-0.1, -0.05) is 11.6 Å². The smallest absolute Gasteiger partial charge is 0.207 e. The predicted molar refractivity (Wildman–Crippen MR) is 86.5 cm³/mol. The molecule has 1 aliphatic carbocycles. The third-order valence-corrected chi connectivity index (χ3v) is 6.83. The van der Waals surface area contributed by atoms with Crippen molar-refractivity contribution >= 4 is 33.0 Å². The van der Waals surface area contributed by atoms with E-state index in [1.807, 2.05) is 10.8 Å². The van der Waals surface area contributed by atoms with Crippen molar-refractivity contribution in [3.05, 3.63) is 51.2 Å². The van der Waals surface area contributed by atoms with Gasteiger partial charge in [0, 0.05) is 12.6 Å². The number of benzene rings is 1. The minimum Gasteiger partial charge on any atom is -0.207 e. The summed E-state index contributed by atoms with van der Waals surface area (Å²) in [5.41, 5.74) is -0.227. The van der Waals surface area contributed by atoms with Crippen LogP contribution in [0.15, 0.2) is 39.9 Å². The Bertz CT molecular complexity index is 831. The fourth-order valence-corrected chi connectivity index (χ4v) is 5.17. The second-order valence-corrected chi connectivity index (χ2v) is 8.60. The normalized spacial score (nSPS) is 15.9. The van der Waals surface area contributed by atoms with E-state index in [9.17, 15) is 21.6 Å². The van der Waals surface area contributed by atoms with Crippen LogP contribution in [0.1, 0.15) is 24.0 Å². The van der Waals surface area contributed by atoms with Crippen LogP contribution in [0.5, 0.6) is 0 Å². The van der Waals surface area contributed by atoms with Gasteiger partial charge in [0.2, 0.25) is 10.0 Å². The molecule has 3 rings (SSSR count). The van der Waals surface area contributed by atoms with Crippen LogP contribution in [0.3, 0.4) is 0 Å². The molecule has 9 heteroatoms. The Kier molecular flexibility index (Phi) is 4.67. The lowest BCUT2D eigenvalue weighted by atomic mass is 10.2. The number of halogens is 4. The summed E-state index contributed by atoms with van der Waals surface area (Å²) in [4.78, 5) is -0.499. The van der Waals surface area contributed by atoms with Gasteiger partial charge in [0.05, 0.1) is 10.6 Å². The maximum atomic E-state index is 12.9. The molecule has 24 heavy (non-hydrogen) atoms. The molecule has 0 aliphatic heterocycles. The molecule has 0 amide bonds. The zero-order valence-corrected chi connectivity index (χ0v) is 14.6. The quantitative estimate of drug-likeness (QED) is 0.731. The van der Waals surface area contributed by atoms with Gasteiger partial charge >= 0.3 is 6.18 Å². The lowest BCUT2D eigenvalue weighted by molar-refractivity contribution is -0.137. The molecule has 0 bridgehead atoms. The van der Waals surface area contributed by atoms with Gasteiger partial charge in [-0.3, -0.25) is 0 Å². The molecule has 0 N–H and O–H groups in total. The first kappa shape index (κ1) is 17.7. The topological polar surface area (TPSA) is 37.4 Å². The highest BCUT2D eigenvalue weighted by Gasteiger charge is 2.40. The molecule has 130 valence electrons. The SMILES string of the molecule is O=S(=O)(c1cc(C(F)(F)F)ccc1Cl)N(Cc1ccsc1)C1CC1. The minimum absolute atomic E-state index is 0.128. The summed E-state index contributed by atoms with van der Waals surface area (Å²) in [6.07, 6.45) is -3.24. The van der Waals surface area contributed by atoms with Crippen LogP contribution in [0.4, 0.5) is 13.2 Å². The van der Waals surface area contributed by atoms with Crippen LogP contribution in [0.25, 0.3) is 0 Å². The Morgan fingerprint density at radius 3 is 2.50 bits per heavy atom. The number of hydrogen-bond donors (Lipinski definition) is 0. The molecule has 1 fully saturated rings. The van der Waals surface area contributed by atoms with Crippen molar-refractivity contribution in [1.82, 2.24) is 4.31 Å². The van der Waals surface area contributed by atoms with E-state index in [1.165, 1.54) is 15.6 Å². The third kappa shape index (κ3) is 3.61. The highest BCUT2D eigenvalue weighted by molar-refractivity contribution is 7.89. The highest BCUT2D eigenvalue weighted by Crippen LogP contribution is 2.38. The molecule has 1 aromatic carbocycles. The second-order valence-electron chi connectivity index (χ2n) is 5.56. The number of hydrogen-bond acceptors (Lipinski definition) is 3. The van der Waals surface area contributed by atoms with Gasteiger partial charge in [-0.25, -0.2) is 8.42 Å². The van der Waals surface area contributed by atoms with Gasteiger partial charge in [0.1, 0.15) is 4.90 Å². The third-order valence-electron chi connectivity index (χ3n) is 3.72. The van der Waals surface area contributed by atoms with Crippen molar-refractivity contribution in [2.45, 2.75) is 36.5 Å². The average molecular weight is 396 g/mol. The van der Waals surface area contributed by atoms with Crippen LogP contribution in [-0.2, 0) is 22.7 Å². The van der Waals surface area contributed by atoms with Gasteiger partial charge in [-0.05, 0) is 53.4 Å². The molecule has 1 saturated carbocycles. The Morgan fingerprint density at radius 2 is 1.96 bits per heavy atom. The summed E-state index contributed by atoms with van der Waals surface area (Å²) in [7, 11) is -4.12. The average Bonchev–Trinajstić information content (AvgIpc) is 3.19. The van der Waals surface area contributed by atoms with Crippen molar-refractivity contribution < 1.29 is 21.6 Å². The molecule has 0 saturated heterocycles. The maximum absolute atomic E-state index is 12.9. The first-order chi connectivity index (χ1) is 11.2. The fourth-order valence-electron chi connectivity index (χ4n) is 2.34. The lowest BCUT2D eigenvalue weighted by Gasteiger charge is -2.22. The van der Waals surface area contributed by atoms with Gasteiger partial charge in [-0.2, -0.15) is 28.8 Å². The van der Waals surface area contributed by atoms with E-state index in [4.69, 9.17) is 11.6 Å². The Hall–Kier alpha value is -1.09. The van der Waals surface area contributed by atoms with Crippen molar-refractivity contribution in [2.75, 3.05) is 0 Å². The molecule has 2 aromatic rings. The minimum atomic E-state index is -4.63. The monoisotopic (exact) mass is 395 g/mol. The lowest BCUT2D eigenvalue weighted by Crippen LogP contribution is -2.33. The summed E-state index contributed by atoms with van der Waals surface area (Å²) in [6, 6.07) is 3.97. The molecule has 3 nitrogen and oxygen atoms in total. The molecule has 0 radical (unpaired) electrons. The largest absolute Gasteiger partial charge is 0.416 e. The fraction of sp³-hybridized carbons (Fsp3) is 0.333. The summed E-state index contributed by atoms with van der Waals surface area (Å²) in [6.45, 7) is 0.128. The van der Waals surface area contributed by atoms with Crippen molar-refractivity contribution in [1.29, 1.82) is 0 Å². The molecule has 0 atom stereocenters. The first-order valence-corrected chi connectivity index (χ1v) is 9.85.